The number of hydrogen-bond donors (Lipinski definition) is 1. The van der Waals surface area contributed by atoms with Gasteiger partial charge in [-0.05, 0) is 42.3 Å². The van der Waals surface area contributed by atoms with Crippen molar-refractivity contribution in [1.82, 2.24) is 0 Å². The maximum atomic E-state index is 9.60. The average Bonchev–Trinajstić information content (AvgIpc) is 2.39. The molecule has 1 atom stereocenters. The molecule has 0 saturated carbocycles. The lowest BCUT2D eigenvalue weighted by atomic mass is 10.1. The number of methoxy groups -OCH3 is 1. The van der Waals surface area contributed by atoms with E-state index in [-0.39, 0.29) is 0 Å². The third-order valence-electron chi connectivity index (χ3n) is 2.87. The van der Waals surface area contributed by atoms with Gasteiger partial charge in [-0.25, -0.2) is 0 Å². The van der Waals surface area contributed by atoms with Crippen molar-refractivity contribution in [1.29, 1.82) is 0 Å². The molecule has 2 aromatic rings. The van der Waals surface area contributed by atoms with Crippen LogP contribution in [0.4, 0.5) is 0 Å². The van der Waals surface area contributed by atoms with Gasteiger partial charge in [-0.2, -0.15) is 0 Å². The molecule has 3 nitrogen and oxygen atoms in total. The Morgan fingerprint density at radius 1 is 1.15 bits per heavy atom. The van der Waals surface area contributed by atoms with Crippen LogP contribution in [-0.4, -0.2) is 12.2 Å². The Hall–Kier alpha value is -1.36. The predicted octanol–water partition coefficient (Wildman–Crippen LogP) is 4.44. The van der Waals surface area contributed by atoms with Crippen molar-refractivity contribution in [3.05, 3.63) is 58.1 Å². The molecule has 2 rings (SSSR count). The Morgan fingerprint density at radius 3 is 2.55 bits per heavy atom. The molecule has 1 N–H and O–H groups in total. The molecule has 1 unspecified atom stereocenters. The number of aliphatic hydroxyl groups excluding tert-OH is 1. The summed E-state index contributed by atoms with van der Waals surface area (Å²) in [7, 11) is 1.67. The zero-order valence-electron chi connectivity index (χ0n) is 11.5. The summed E-state index contributed by atoms with van der Waals surface area (Å²) in [6.45, 7) is 2.29. The fraction of sp³-hybridized carbons (Fsp3) is 0.250. The minimum Gasteiger partial charge on any atom is -0.457 e. The van der Waals surface area contributed by atoms with Gasteiger partial charge in [0.25, 0.3) is 0 Å². The Labute approximate surface area is 127 Å². The highest BCUT2D eigenvalue weighted by molar-refractivity contribution is 9.10. The van der Waals surface area contributed by atoms with Crippen LogP contribution in [0.2, 0.25) is 0 Å². The molecule has 20 heavy (non-hydrogen) atoms. The van der Waals surface area contributed by atoms with E-state index in [1.54, 1.807) is 14.0 Å². The first kappa shape index (κ1) is 15.0. The zero-order chi connectivity index (χ0) is 14.5. The first-order valence-corrected chi connectivity index (χ1v) is 7.12. The summed E-state index contributed by atoms with van der Waals surface area (Å²) >= 11 is 3.44. The summed E-state index contributed by atoms with van der Waals surface area (Å²) in [5, 5.41) is 9.60. The first-order valence-electron chi connectivity index (χ1n) is 6.33. The van der Waals surface area contributed by atoms with Crippen molar-refractivity contribution in [2.24, 2.45) is 0 Å². The topological polar surface area (TPSA) is 38.7 Å². The largest absolute Gasteiger partial charge is 0.457 e. The highest BCUT2D eigenvalue weighted by Gasteiger charge is 2.08. The minimum absolute atomic E-state index is 0.511. The molecule has 0 radical (unpaired) electrons. The predicted molar refractivity (Wildman–Crippen MR) is 82.0 cm³/mol. The molecule has 0 fully saturated rings. The average molecular weight is 337 g/mol. The molecule has 0 aliphatic rings. The monoisotopic (exact) mass is 336 g/mol. The molecular formula is C16H17BrO3. The molecule has 106 valence electrons. The second-order valence-electron chi connectivity index (χ2n) is 4.54. The second kappa shape index (κ2) is 6.88. The number of hydrogen-bond acceptors (Lipinski definition) is 3. The van der Waals surface area contributed by atoms with Gasteiger partial charge < -0.3 is 14.6 Å². The smallest absolute Gasteiger partial charge is 0.128 e. The molecule has 0 saturated heterocycles. The van der Waals surface area contributed by atoms with Crippen molar-refractivity contribution in [3.63, 3.8) is 0 Å². The van der Waals surface area contributed by atoms with Gasteiger partial charge in [-0.1, -0.05) is 34.1 Å². The normalized spacial score (nSPS) is 12.2. The molecule has 0 aromatic heterocycles. The molecule has 4 heteroatoms. The van der Waals surface area contributed by atoms with E-state index in [1.165, 1.54) is 0 Å². The van der Waals surface area contributed by atoms with Crippen LogP contribution in [0.5, 0.6) is 11.5 Å². The lowest BCUT2D eigenvalue weighted by molar-refractivity contribution is 0.184. The van der Waals surface area contributed by atoms with Crippen LogP contribution in [0.3, 0.4) is 0 Å². The third-order valence-corrected chi connectivity index (χ3v) is 3.55. The lowest BCUT2D eigenvalue weighted by Crippen LogP contribution is -1.94. The summed E-state index contributed by atoms with van der Waals surface area (Å²) in [6, 6.07) is 13.3. The molecule has 0 bridgehead atoms. The van der Waals surface area contributed by atoms with E-state index < -0.39 is 6.10 Å². The summed E-state index contributed by atoms with van der Waals surface area (Å²) in [4.78, 5) is 0. The number of benzene rings is 2. The van der Waals surface area contributed by atoms with Crippen LogP contribution in [0.1, 0.15) is 24.2 Å². The van der Waals surface area contributed by atoms with Crippen molar-refractivity contribution < 1.29 is 14.6 Å². The van der Waals surface area contributed by atoms with Crippen molar-refractivity contribution in [2.75, 3.05) is 7.11 Å². The Bertz CT molecular complexity index is 582. The van der Waals surface area contributed by atoms with E-state index in [9.17, 15) is 5.11 Å². The van der Waals surface area contributed by atoms with Crippen molar-refractivity contribution in [2.45, 2.75) is 19.6 Å². The van der Waals surface area contributed by atoms with Gasteiger partial charge >= 0.3 is 0 Å². The van der Waals surface area contributed by atoms with Gasteiger partial charge in [0.05, 0.1) is 12.7 Å². The maximum absolute atomic E-state index is 9.60. The molecule has 0 amide bonds. The van der Waals surface area contributed by atoms with Crippen molar-refractivity contribution in [3.8, 4) is 11.5 Å². The van der Waals surface area contributed by atoms with Gasteiger partial charge in [0.2, 0.25) is 0 Å². The minimum atomic E-state index is -0.511. The van der Waals surface area contributed by atoms with E-state index >= 15 is 0 Å². The van der Waals surface area contributed by atoms with Crippen LogP contribution in [0.15, 0.2) is 46.9 Å². The number of halogens is 1. The highest BCUT2D eigenvalue weighted by atomic mass is 79.9. The van der Waals surface area contributed by atoms with Crippen LogP contribution in [0.25, 0.3) is 0 Å². The van der Waals surface area contributed by atoms with Crippen molar-refractivity contribution >= 4 is 15.9 Å². The fourth-order valence-electron chi connectivity index (χ4n) is 1.91. The molecule has 2 aromatic carbocycles. The highest BCUT2D eigenvalue weighted by Crippen LogP contribution is 2.30. The SMILES string of the molecule is COCc1cccc(Oc2ccc(C(C)O)c(Br)c2)c1. The zero-order valence-corrected chi connectivity index (χ0v) is 13.1. The number of aliphatic hydroxyl groups is 1. The number of ether oxygens (including phenoxy) is 2. The van der Waals surface area contributed by atoms with E-state index in [1.807, 2.05) is 42.5 Å². The van der Waals surface area contributed by atoms with Gasteiger partial charge in [-0.15, -0.1) is 0 Å². The maximum Gasteiger partial charge on any atom is 0.128 e. The van der Waals surface area contributed by atoms with E-state index in [2.05, 4.69) is 15.9 Å². The fourth-order valence-corrected chi connectivity index (χ4v) is 2.60. The van der Waals surface area contributed by atoms with E-state index in [0.29, 0.717) is 6.61 Å². The van der Waals surface area contributed by atoms with E-state index in [4.69, 9.17) is 9.47 Å². The van der Waals surface area contributed by atoms with Crippen LogP contribution >= 0.6 is 15.9 Å². The van der Waals surface area contributed by atoms with Crippen LogP contribution in [0, 0.1) is 0 Å². The van der Waals surface area contributed by atoms with Gasteiger partial charge in [0, 0.05) is 11.6 Å². The van der Waals surface area contributed by atoms with Gasteiger partial charge in [-0.3, -0.25) is 0 Å². The number of rotatable bonds is 5. The Balaban J connectivity index is 2.17. The van der Waals surface area contributed by atoms with Gasteiger partial charge in [0.15, 0.2) is 0 Å². The summed E-state index contributed by atoms with van der Waals surface area (Å²) in [5.74, 6) is 1.48. The summed E-state index contributed by atoms with van der Waals surface area (Å²) in [6.07, 6.45) is -0.511. The molecule has 0 heterocycles. The molecule has 0 spiro atoms. The Kier molecular flexibility index (Phi) is 5.17. The lowest BCUT2D eigenvalue weighted by Gasteiger charge is -2.11. The quantitative estimate of drug-likeness (QED) is 0.877. The molecular weight excluding hydrogens is 320 g/mol. The van der Waals surface area contributed by atoms with Crippen LogP contribution < -0.4 is 4.74 Å². The standard InChI is InChI=1S/C16H17BrO3/c1-11(18)15-7-6-14(9-16(15)17)20-13-5-3-4-12(8-13)10-19-2/h3-9,11,18H,10H2,1-2H3. The molecule has 0 aliphatic heterocycles. The summed E-state index contributed by atoms with van der Waals surface area (Å²) < 4.78 is 11.7. The molecule has 0 aliphatic carbocycles. The Morgan fingerprint density at radius 2 is 1.90 bits per heavy atom. The second-order valence-corrected chi connectivity index (χ2v) is 5.40. The van der Waals surface area contributed by atoms with E-state index in [0.717, 1.165) is 27.1 Å². The van der Waals surface area contributed by atoms with Crippen LogP contribution in [-0.2, 0) is 11.3 Å². The first-order chi connectivity index (χ1) is 9.60. The third kappa shape index (κ3) is 3.82. The summed E-state index contributed by atoms with van der Waals surface area (Å²) in [5.41, 5.74) is 1.90. The van der Waals surface area contributed by atoms with Gasteiger partial charge in [0.1, 0.15) is 11.5 Å².